The summed E-state index contributed by atoms with van der Waals surface area (Å²) in [5.74, 6) is -0.0687. The van der Waals surface area contributed by atoms with E-state index in [0.29, 0.717) is 12.1 Å². The van der Waals surface area contributed by atoms with Crippen LogP contribution in [0.25, 0.3) is 0 Å². The minimum absolute atomic E-state index is 0.0687. The molecular formula is C10H10N2O2. The van der Waals surface area contributed by atoms with Crippen LogP contribution < -0.4 is 0 Å². The number of pyridine rings is 1. The van der Waals surface area contributed by atoms with Crippen molar-refractivity contribution in [1.82, 2.24) is 9.88 Å². The van der Waals surface area contributed by atoms with Crippen LogP contribution in [0.4, 0.5) is 0 Å². The van der Waals surface area contributed by atoms with Crippen molar-refractivity contribution >= 4 is 12.2 Å². The molecule has 2 heterocycles. The summed E-state index contributed by atoms with van der Waals surface area (Å²) in [5.41, 5.74) is 1.65. The minimum Gasteiger partial charge on any atom is -0.331 e. The van der Waals surface area contributed by atoms with Crippen LogP contribution in [0.1, 0.15) is 15.9 Å². The number of hydrogen-bond acceptors (Lipinski definition) is 3. The molecule has 0 N–H and O–H groups in total. The van der Waals surface area contributed by atoms with E-state index in [1.165, 1.54) is 0 Å². The average molecular weight is 190 g/mol. The third-order valence-electron chi connectivity index (χ3n) is 2.37. The number of carbonyl (C=O) groups excluding carboxylic acids is 2. The Balaban J connectivity index is 2.31. The van der Waals surface area contributed by atoms with Crippen LogP contribution in [0, 0.1) is 0 Å². The Bertz CT molecular complexity index is 376. The smallest absolute Gasteiger partial charge is 0.254 e. The summed E-state index contributed by atoms with van der Waals surface area (Å²) in [5, 5.41) is 0. The molecule has 1 amide bonds. The van der Waals surface area contributed by atoms with Crippen molar-refractivity contribution < 1.29 is 9.59 Å². The monoisotopic (exact) mass is 190 g/mol. The van der Waals surface area contributed by atoms with Crippen LogP contribution in [0.3, 0.4) is 0 Å². The Labute approximate surface area is 81.6 Å². The molecule has 0 saturated carbocycles. The van der Waals surface area contributed by atoms with Crippen LogP contribution in [0.15, 0.2) is 18.5 Å². The predicted molar refractivity (Wildman–Crippen MR) is 49.9 cm³/mol. The molecule has 0 fully saturated rings. The zero-order chi connectivity index (χ0) is 9.97. The van der Waals surface area contributed by atoms with Crippen molar-refractivity contribution in [3.63, 3.8) is 0 Å². The van der Waals surface area contributed by atoms with Crippen molar-refractivity contribution in [1.29, 1.82) is 0 Å². The topological polar surface area (TPSA) is 50.3 Å². The average Bonchev–Trinajstić information content (AvgIpc) is 2.23. The van der Waals surface area contributed by atoms with E-state index in [0.717, 1.165) is 18.3 Å². The standard InChI is InChI=1S/C10H10N2O2/c13-6-5-12-4-2-8-7-11-3-1-9(8)10(12)14/h1,3,6-7H,2,4-5H2. The summed E-state index contributed by atoms with van der Waals surface area (Å²) in [7, 11) is 0. The van der Waals surface area contributed by atoms with E-state index in [-0.39, 0.29) is 12.5 Å². The van der Waals surface area contributed by atoms with Crippen molar-refractivity contribution in [3.8, 4) is 0 Å². The summed E-state index contributed by atoms with van der Waals surface area (Å²) in [4.78, 5) is 27.6. The Morgan fingerprint density at radius 1 is 1.57 bits per heavy atom. The maximum Gasteiger partial charge on any atom is 0.254 e. The molecule has 1 aromatic heterocycles. The highest BCUT2D eigenvalue weighted by Crippen LogP contribution is 2.16. The van der Waals surface area contributed by atoms with Gasteiger partial charge in [0, 0.05) is 24.5 Å². The Morgan fingerprint density at radius 3 is 3.21 bits per heavy atom. The number of aldehydes is 1. The fourth-order valence-electron chi connectivity index (χ4n) is 1.63. The lowest BCUT2D eigenvalue weighted by Gasteiger charge is -2.26. The molecule has 0 radical (unpaired) electrons. The summed E-state index contributed by atoms with van der Waals surface area (Å²) < 4.78 is 0. The van der Waals surface area contributed by atoms with Crippen LogP contribution in [-0.2, 0) is 11.2 Å². The highest BCUT2D eigenvalue weighted by atomic mass is 16.2. The fraction of sp³-hybridized carbons (Fsp3) is 0.300. The van der Waals surface area contributed by atoms with Gasteiger partial charge in [0.05, 0.1) is 6.54 Å². The molecule has 72 valence electrons. The molecule has 0 aromatic carbocycles. The van der Waals surface area contributed by atoms with Crippen LogP contribution in [0.2, 0.25) is 0 Å². The second-order valence-electron chi connectivity index (χ2n) is 3.20. The van der Waals surface area contributed by atoms with Gasteiger partial charge in [-0.2, -0.15) is 0 Å². The molecule has 1 aliphatic rings. The van der Waals surface area contributed by atoms with E-state index in [2.05, 4.69) is 4.98 Å². The van der Waals surface area contributed by atoms with Gasteiger partial charge in [-0.1, -0.05) is 0 Å². The molecule has 1 aromatic rings. The Kier molecular flexibility index (Phi) is 2.26. The normalized spacial score (nSPS) is 15.1. The van der Waals surface area contributed by atoms with Gasteiger partial charge in [0.2, 0.25) is 0 Å². The fourth-order valence-corrected chi connectivity index (χ4v) is 1.63. The number of fused-ring (bicyclic) bond motifs is 1. The SMILES string of the molecule is O=CCN1CCc2cnccc2C1=O. The maximum atomic E-state index is 11.7. The molecule has 14 heavy (non-hydrogen) atoms. The van der Waals surface area contributed by atoms with Crippen molar-refractivity contribution in [3.05, 3.63) is 29.6 Å². The van der Waals surface area contributed by atoms with Gasteiger partial charge in [0.15, 0.2) is 0 Å². The maximum absolute atomic E-state index is 11.7. The second kappa shape index (κ2) is 3.57. The largest absolute Gasteiger partial charge is 0.331 e. The van der Waals surface area contributed by atoms with E-state index in [4.69, 9.17) is 0 Å². The van der Waals surface area contributed by atoms with Gasteiger partial charge < -0.3 is 9.69 Å². The molecule has 4 heteroatoms. The van der Waals surface area contributed by atoms with Gasteiger partial charge >= 0.3 is 0 Å². The number of carbonyl (C=O) groups is 2. The molecule has 0 spiro atoms. The quantitative estimate of drug-likeness (QED) is 0.629. The van der Waals surface area contributed by atoms with Crippen molar-refractivity contribution in [2.45, 2.75) is 6.42 Å². The summed E-state index contributed by atoms with van der Waals surface area (Å²) in [6, 6.07) is 1.70. The lowest BCUT2D eigenvalue weighted by molar-refractivity contribution is -0.108. The molecule has 0 saturated heterocycles. The van der Waals surface area contributed by atoms with Gasteiger partial charge in [0.25, 0.3) is 5.91 Å². The Morgan fingerprint density at radius 2 is 2.43 bits per heavy atom. The zero-order valence-electron chi connectivity index (χ0n) is 7.64. The van der Waals surface area contributed by atoms with Crippen molar-refractivity contribution in [2.24, 2.45) is 0 Å². The predicted octanol–water partition coefficient (Wildman–Crippen LogP) is 0.279. The summed E-state index contributed by atoms with van der Waals surface area (Å²) >= 11 is 0. The molecule has 0 bridgehead atoms. The lowest BCUT2D eigenvalue weighted by atomic mass is 10.0. The van der Waals surface area contributed by atoms with Gasteiger partial charge in [-0.25, -0.2) is 0 Å². The van der Waals surface area contributed by atoms with E-state index < -0.39 is 0 Å². The number of rotatable bonds is 2. The summed E-state index contributed by atoms with van der Waals surface area (Å²) in [6.07, 6.45) is 4.85. The van der Waals surface area contributed by atoms with E-state index in [9.17, 15) is 9.59 Å². The van der Waals surface area contributed by atoms with Crippen LogP contribution in [-0.4, -0.2) is 35.2 Å². The molecule has 0 unspecified atom stereocenters. The van der Waals surface area contributed by atoms with E-state index in [1.807, 2.05) is 0 Å². The minimum atomic E-state index is -0.0687. The lowest BCUT2D eigenvalue weighted by Crippen LogP contribution is -2.38. The molecule has 2 rings (SSSR count). The van der Waals surface area contributed by atoms with E-state index >= 15 is 0 Å². The first-order valence-corrected chi connectivity index (χ1v) is 4.48. The number of hydrogen-bond donors (Lipinski definition) is 0. The number of nitrogens with zero attached hydrogens (tertiary/aromatic N) is 2. The van der Waals surface area contributed by atoms with Crippen LogP contribution >= 0.6 is 0 Å². The highest BCUT2D eigenvalue weighted by Gasteiger charge is 2.23. The van der Waals surface area contributed by atoms with Gasteiger partial charge in [-0.05, 0) is 18.1 Å². The van der Waals surface area contributed by atoms with Gasteiger partial charge in [-0.3, -0.25) is 9.78 Å². The number of aromatic nitrogens is 1. The third-order valence-corrected chi connectivity index (χ3v) is 2.37. The second-order valence-corrected chi connectivity index (χ2v) is 3.20. The first-order chi connectivity index (χ1) is 6.83. The van der Waals surface area contributed by atoms with Crippen molar-refractivity contribution in [2.75, 3.05) is 13.1 Å². The molecule has 0 atom stereocenters. The first-order valence-electron chi connectivity index (χ1n) is 4.48. The molecule has 1 aliphatic heterocycles. The summed E-state index contributed by atoms with van der Waals surface area (Å²) in [6.45, 7) is 0.789. The zero-order valence-corrected chi connectivity index (χ0v) is 7.64. The molecule has 0 aliphatic carbocycles. The van der Waals surface area contributed by atoms with E-state index in [1.54, 1.807) is 23.4 Å². The third kappa shape index (κ3) is 1.39. The first kappa shape index (κ1) is 8.87. The highest BCUT2D eigenvalue weighted by molar-refractivity contribution is 5.97. The number of amides is 1. The van der Waals surface area contributed by atoms with Gasteiger partial charge in [-0.15, -0.1) is 0 Å². The molecule has 4 nitrogen and oxygen atoms in total. The Hall–Kier alpha value is -1.71. The van der Waals surface area contributed by atoms with Crippen LogP contribution in [0.5, 0.6) is 0 Å². The molecular weight excluding hydrogens is 180 g/mol. The van der Waals surface area contributed by atoms with Gasteiger partial charge in [0.1, 0.15) is 6.29 Å².